The van der Waals surface area contributed by atoms with Gasteiger partial charge in [-0.3, -0.25) is 4.79 Å². The molecule has 38 heavy (non-hydrogen) atoms. The van der Waals surface area contributed by atoms with E-state index >= 15 is 0 Å². The molecule has 3 aromatic rings. The van der Waals surface area contributed by atoms with Crippen LogP contribution in [0.2, 0.25) is 0 Å². The van der Waals surface area contributed by atoms with E-state index in [0.29, 0.717) is 29.3 Å². The van der Waals surface area contributed by atoms with Crippen LogP contribution in [-0.2, 0) is 11.3 Å². The molecule has 1 aromatic heterocycles. The number of hydrogen-bond donors (Lipinski definition) is 1. The van der Waals surface area contributed by atoms with Gasteiger partial charge in [0.15, 0.2) is 17.3 Å². The van der Waals surface area contributed by atoms with Crippen LogP contribution in [0.1, 0.15) is 60.7 Å². The number of ether oxygens (including phenoxy) is 3. The summed E-state index contributed by atoms with van der Waals surface area (Å²) in [6.45, 7) is 2.12. The lowest BCUT2D eigenvalue weighted by molar-refractivity contribution is 0.0712. The number of furan rings is 1. The zero-order valence-corrected chi connectivity index (χ0v) is 21.5. The lowest BCUT2D eigenvalue weighted by Gasteiger charge is -2.29. The largest absolute Gasteiger partial charge is 0.493 e. The molecule has 1 aliphatic heterocycles. The number of carbonyl (C=O) groups excluding carboxylic acids is 2. The van der Waals surface area contributed by atoms with Crippen LogP contribution in [0.4, 0.5) is 10.5 Å². The molecule has 2 heterocycles. The van der Waals surface area contributed by atoms with Crippen LogP contribution in [0.5, 0.6) is 11.5 Å². The molecule has 1 N–H and O–H groups in total. The second kappa shape index (κ2) is 11.4. The third-order valence-electron chi connectivity index (χ3n) is 6.68. The summed E-state index contributed by atoms with van der Waals surface area (Å²) in [6, 6.07) is 16.1. The van der Waals surface area contributed by atoms with Gasteiger partial charge in [0.25, 0.3) is 5.91 Å². The van der Waals surface area contributed by atoms with Gasteiger partial charge in [-0.25, -0.2) is 4.79 Å². The van der Waals surface area contributed by atoms with E-state index in [9.17, 15) is 9.59 Å². The first kappa shape index (κ1) is 25.4. The maximum Gasteiger partial charge on any atom is 0.431 e. The SMILES string of the molecule is CCC1OC(=O)N(Cc2cccc(NC(=O)c3ccco3)c2)N=C1c1ccc(OC)c(OC2CCCC2)c1. The van der Waals surface area contributed by atoms with E-state index in [1.54, 1.807) is 37.4 Å². The van der Waals surface area contributed by atoms with E-state index in [0.717, 1.165) is 36.8 Å². The van der Waals surface area contributed by atoms with E-state index in [4.69, 9.17) is 23.7 Å². The average Bonchev–Trinajstić information content (AvgIpc) is 3.65. The number of amides is 2. The van der Waals surface area contributed by atoms with Crippen LogP contribution in [0.15, 0.2) is 70.4 Å². The summed E-state index contributed by atoms with van der Waals surface area (Å²) in [5.74, 6) is 1.18. The predicted molar refractivity (Wildman–Crippen MR) is 142 cm³/mol. The Kier molecular flexibility index (Phi) is 7.62. The van der Waals surface area contributed by atoms with Crippen LogP contribution in [0.25, 0.3) is 0 Å². The van der Waals surface area contributed by atoms with Crippen molar-refractivity contribution in [2.45, 2.75) is 57.8 Å². The summed E-state index contributed by atoms with van der Waals surface area (Å²) >= 11 is 0. The van der Waals surface area contributed by atoms with E-state index in [1.807, 2.05) is 31.2 Å². The summed E-state index contributed by atoms with van der Waals surface area (Å²) in [5.41, 5.74) is 2.81. The fourth-order valence-corrected chi connectivity index (χ4v) is 4.73. The molecule has 9 nitrogen and oxygen atoms in total. The minimum absolute atomic E-state index is 0.171. The smallest absolute Gasteiger partial charge is 0.431 e. The van der Waals surface area contributed by atoms with E-state index in [1.165, 1.54) is 11.3 Å². The Morgan fingerprint density at radius 3 is 2.68 bits per heavy atom. The molecule has 0 spiro atoms. The molecule has 1 atom stereocenters. The third kappa shape index (κ3) is 5.66. The Hall–Kier alpha value is -4.27. The lowest BCUT2D eigenvalue weighted by atomic mass is 10.0. The van der Waals surface area contributed by atoms with Gasteiger partial charge >= 0.3 is 6.09 Å². The normalized spacial score (nSPS) is 17.6. The van der Waals surface area contributed by atoms with Crippen molar-refractivity contribution in [3.05, 3.63) is 77.7 Å². The van der Waals surface area contributed by atoms with E-state index in [2.05, 4.69) is 5.32 Å². The molecular formula is C29H31N3O6. The van der Waals surface area contributed by atoms with Crippen molar-refractivity contribution in [1.29, 1.82) is 0 Å². The van der Waals surface area contributed by atoms with Gasteiger partial charge in [0.1, 0.15) is 11.8 Å². The predicted octanol–water partition coefficient (Wildman–Crippen LogP) is 6.00. The first-order valence-corrected chi connectivity index (χ1v) is 12.9. The topological polar surface area (TPSA) is 103 Å². The van der Waals surface area contributed by atoms with Crippen LogP contribution in [0.3, 0.4) is 0 Å². The number of benzene rings is 2. The van der Waals surface area contributed by atoms with Gasteiger partial charge in [-0.1, -0.05) is 19.1 Å². The lowest BCUT2D eigenvalue weighted by Crippen LogP contribution is -2.41. The maximum absolute atomic E-state index is 12.8. The molecule has 2 aromatic carbocycles. The molecule has 9 heteroatoms. The minimum atomic E-state index is -0.526. The Balaban J connectivity index is 1.38. The van der Waals surface area contributed by atoms with Crippen LogP contribution in [-0.4, -0.2) is 42.0 Å². The van der Waals surface area contributed by atoms with Gasteiger partial charge in [0.2, 0.25) is 0 Å². The van der Waals surface area contributed by atoms with Crippen molar-refractivity contribution in [3.63, 3.8) is 0 Å². The van der Waals surface area contributed by atoms with Gasteiger partial charge in [0.05, 0.1) is 26.0 Å². The third-order valence-corrected chi connectivity index (χ3v) is 6.68. The van der Waals surface area contributed by atoms with E-state index in [-0.39, 0.29) is 24.3 Å². The monoisotopic (exact) mass is 517 g/mol. The van der Waals surface area contributed by atoms with Crippen molar-refractivity contribution in [3.8, 4) is 11.5 Å². The quantitative estimate of drug-likeness (QED) is 0.374. The highest BCUT2D eigenvalue weighted by molar-refractivity contribution is 6.06. The van der Waals surface area contributed by atoms with E-state index < -0.39 is 12.2 Å². The van der Waals surface area contributed by atoms with Crippen LogP contribution >= 0.6 is 0 Å². The van der Waals surface area contributed by atoms with Crippen molar-refractivity contribution >= 4 is 23.4 Å². The number of nitrogens with one attached hydrogen (secondary N) is 1. The fourth-order valence-electron chi connectivity index (χ4n) is 4.73. The number of hydrazone groups is 1. The first-order chi connectivity index (χ1) is 18.5. The summed E-state index contributed by atoms with van der Waals surface area (Å²) in [6.07, 6.45) is 5.57. The fraction of sp³-hybridized carbons (Fsp3) is 0.345. The highest BCUT2D eigenvalue weighted by Crippen LogP contribution is 2.34. The number of anilines is 1. The minimum Gasteiger partial charge on any atom is -0.493 e. The molecule has 2 aliphatic rings. The molecule has 1 unspecified atom stereocenters. The molecular weight excluding hydrogens is 486 g/mol. The molecule has 198 valence electrons. The van der Waals surface area contributed by atoms with Crippen molar-refractivity contribution in [2.24, 2.45) is 5.10 Å². The second-order valence-corrected chi connectivity index (χ2v) is 9.35. The Bertz CT molecular complexity index is 1310. The standard InChI is InChI=1S/C29H31N3O6/c1-3-23-27(20-13-14-24(35-2)26(17-20)37-22-10-4-5-11-22)31-32(29(34)38-23)18-19-8-6-9-21(16-19)30-28(33)25-12-7-15-36-25/h6-9,12-17,22-23H,3-5,10-11,18H2,1-2H3,(H,30,33). The number of nitrogens with zero attached hydrogens (tertiary/aromatic N) is 2. The highest BCUT2D eigenvalue weighted by atomic mass is 16.6. The molecule has 1 saturated carbocycles. The van der Waals surface area contributed by atoms with Gasteiger partial charge < -0.3 is 23.9 Å². The summed E-state index contributed by atoms with van der Waals surface area (Å²) in [4.78, 5) is 25.2. The zero-order valence-electron chi connectivity index (χ0n) is 21.5. The second-order valence-electron chi connectivity index (χ2n) is 9.35. The molecule has 0 radical (unpaired) electrons. The Morgan fingerprint density at radius 2 is 1.95 bits per heavy atom. The average molecular weight is 518 g/mol. The zero-order chi connectivity index (χ0) is 26.5. The Morgan fingerprint density at radius 1 is 1.11 bits per heavy atom. The summed E-state index contributed by atoms with van der Waals surface area (Å²) < 4.78 is 22.7. The van der Waals surface area contributed by atoms with Gasteiger partial charge in [-0.2, -0.15) is 10.1 Å². The van der Waals surface area contributed by atoms with Crippen LogP contribution < -0.4 is 14.8 Å². The number of carbonyl (C=O) groups is 2. The van der Waals surface area contributed by atoms with Crippen molar-refractivity contribution in [2.75, 3.05) is 12.4 Å². The van der Waals surface area contributed by atoms with Gasteiger partial charge in [-0.05, 0) is 80.1 Å². The maximum atomic E-state index is 12.8. The molecule has 1 aliphatic carbocycles. The first-order valence-electron chi connectivity index (χ1n) is 12.9. The van der Waals surface area contributed by atoms with Crippen molar-refractivity contribution in [1.82, 2.24) is 5.01 Å². The molecule has 1 fully saturated rings. The molecule has 5 rings (SSSR count). The van der Waals surface area contributed by atoms with Crippen molar-refractivity contribution < 1.29 is 28.2 Å². The molecule has 0 saturated heterocycles. The van der Waals surface area contributed by atoms with Gasteiger partial charge in [-0.15, -0.1) is 0 Å². The molecule has 0 bridgehead atoms. The van der Waals surface area contributed by atoms with Gasteiger partial charge in [0, 0.05) is 11.3 Å². The number of hydrogen-bond acceptors (Lipinski definition) is 7. The Labute approximate surface area is 221 Å². The summed E-state index contributed by atoms with van der Waals surface area (Å²) in [5, 5.41) is 8.82. The highest BCUT2D eigenvalue weighted by Gasteiger charge is 2.31. The molecule has 2 amide bonds. The number of methoxy groups -OCH3 is 1. The number of rotatable bonds is 9. The number of cyclic esters (lactones) is 1. The summed E-state index contributed by atoms with van der Waals surface area (Å²) in [7, 11) is 1.62. The van der Waals surface area contributed by atoms with Crippen LogP contribution in [0, 0.1) is 0 Å².